The monoisotopic (exact) mass is 477 g/mol. The first-order chi connectivity index (χ1) is 14.8. The van der Waals surface area contributed by atoms with Gasteiger partial charge in [0.15, 0.2) is 11.6 Å². The lowest BCUT2D eigenvalue weighted by Crippen LogP contribution is -2.29. The predicted octanol–water partition coefficient (Wildman–Crippen LogP) is 6.09. The first-order valence-electron chi connectivity index (χ1n) is 10.3. The molecule has 3 rings (SSSR count). The van der Waals surface area contributed by atoms with Crippen molar-refractivity contribution in [2.75, 3.05) is 31.5 Å². The molecule has 31 heavy (non-hydrogen) atoms. The zero-order valence-corrected chi connectivity index (χ0v) is 20.1. The van der Waals surface area contributed by atoms with Gasteiger partial charge in [-0.15, -0.1) is 0 Å². The average molecular weight is 479 g/mol. The quantitative estimate of drug-likeness (QED) is 0.397. The SMILES string of the molecule is CCN(CC)CCNc1nc(-c2ccccc2-c2ccc(C)cc2)nc(C(Cl)(Cl)Cl)n1. The third-order valence-electron chi connectivity index (χ3n) is 5.03. The number of aromatic nitrogens is 3. The normalized spacial score (nSPS) is 11.7. The molecule has 0 bridgehead atoms. The summed E-state index contributed by atoms with van der Waals surface area (Å²) in [6.45, 7) is 9.81. The molecule has 0 aliphatic heterocycles. The Labute approximate surface area is 198 Å². The molecule has 0 aliphatic rings. The molecule has 0 fully saturated rings. The fourth-order valence-electron chi connectivity index (χ4n) is 3.23. The molecule has 0 unspecified atom stereocenters. The van der Waals surface area contributed by atoms with E-state index in [4.69, 9.17) is 34.8 Å². The summed E-state index contributed by atoms with van der Waals surface area (Å²) in [6.07, 6.45) is 0. The highest BCUT2D eigenvalue weighted by molar-refractivity contribution is 6.66. The molecular weight excluding hydrogens is 453 g/mol. The van der Waals surface area contributed by atoms with Crippen LogP contribution < -0.4 is 5.32 Å². The van der Waals surface area contributed by atoms with Gasteiger partial charge < -0.3 is 10.2 Å². The summed E-state index contributed by atoms with van der Waals surface area (Å²) < 4.78 is -1.76. The van der Waals surface area contributed by atoms with Gasteiger partial charge in [-0.3, -0.25) is 0 Å². The van der Waals surface area contributed by atoms with Crippen LogP contribution in [0.2, 0.25) is 0 Å². The van der Waals surface area contributed by atoms with Gasteiger partial charge in [0.2, 0.25) is 9.74 Å². The van der Waals surface area contributed by atoms with Gasteiger partial charge in [-0.05, 0) is 31.1 Å². The van der Waals surface area contributed by atoms with E-state index >= 15 is 0 Å². The topological polar surface area (TPSA) is 53.9 Å². The van der Waals surface area contributed by atoms with Crippen LogP contribution in [0.25, 0.3) is 22.5 Å². The standard InChI is InChI=1S/C23H26Cl3N5/c1-4-31(5-2)15-14-27-22-29-20(28-21(30-22)23(24,25)26)19-9-7-6-8-18(19)17-12-10-16(3)11-13-17/h6-13H,4-5,14-15H2,1-3H3,(H,27,28,29,30). The zero-order chi connectivity index (χ0) is 22.4. The molecule has 5 nitrogen and oxygen atoms in total. The molecule has 0 radical (unpaired) electrons. The first kappa shape index (κ1) is 23.7. The molecule has 1 aromatic heterocycles. The van der Waals surface area contributed by atoms with E-state index in [1.54, 1.807) is 0 Å². The summed E-state index contributed by atoms with van der Waals surface area (Å²) >= 11 is 18.4. The number of nitrogens with zero attached hydrogens (tertiary/aromatic N) is 4. The number of hydrogen-bond donors (Lipinski definition) is 1. The molecule has 1 heterocycles. The highest BCUT2D eigenvalue weighted by Gasteiger charge is 2.29. The fraction of sp³-hybridized carbons (Fsp3) is 0.348. The number of nitrogens with one attached hydrogen (secondary N) is 1. The summed E-state index contributed by atoms with van der Waals surface area (Å²) in [5.74, 6) is 0.932. The second-order valence-electron chi connectivity index (χ2n) is 7.17. The van der Waals surface area contributed by atoms with Crippen LogP contribution in [0.4, 0.5) is 5.95 Å². The molecule has 0 saturated carbocycles. The molecular formula is C23H26Cl3N5. The van der Waals surface area contributed by atoms with Crippen LogP contribution in [-0.4, -0.2) is 46.0 Å². The van der Waals surface area contributed by atoms with Gasteiger partial charge in [0, 0.05) is 18.7 Å². The number of anilines is 1. The van der Waals surface area contributed by atoms with Crippen molar-refractivity contribution in [1.29, 1.82) is 0 Å². The lowest BCUT2D eigenvalue weighted by molar-refractivity contribution is 0.316. The maximum Gasteiger partial charge on any atom is 0.250 e. The number of hydrogen-bond acceptors (Lipinski definition) is 5. The van der Waals surface area contributed by atoms with E-state index in [0.29, 0.717) is 18.3 Å². The van der Waals surface area contributed by atoms with Crippen molar-refractivity contribution >= 4 is 40.8 Å². The van der Waals surface area contributed by atoms with Crippen LogP contribution >= 0.6 is 34.8 Å². The molecule has 2 aromatic carbocycles. The maximum absolute atomic E-state index is 6.14. The van der Waals surface area contributed by atoms with Crippen LogP contribution in [0.1, 0.15) is 25.2 Å². The number of alkyl halides is 3. The van der Waals surface area contributed by atoms with Crippen molar-refractivity contribution < 1.29 is 0 Å². The van der Waals surface area contributed by atoms with E-state index in [-0.39, 0.29) is 5.82 Å². The van der Waals surface area contributed by atoms with Crippen LogP contribution in [-0.2, 0) is 3.79 Å². The minimum Gasteiger partial charge on any atom is -0.353 e. The summed E-state index contributed by atoms with van der Waals surface area (Å²) in [5, 5.41) is 3.25. The van der Waals surface area contributed by atoms with E-state index in [2.05, 4.69) is 70.2 Å². The average Bonchev–Trinajstić information content (AvgIpc) is 2.76. The molecule has 0 atom stereocenters. The predicted molar refractivity (Wildman–Crippen MR) is 131 cm³/mol. The number of rotatable bonds is 8. The van der Waals surface area contributed by atoms with Crippen LogP contribution in [0.5, 0.6) is 0 Å². The second-order valence-corrected chi connectivity index (χ2v) is 9.45. The lowest BCUT2D eigenvalue weighted by Gasteiger charge is -2.19. The van der Waals surface area contributed by atoms with Gasteiger partial charge in [0.1, 0.15) is 0 Å². The second kappa shape index (κ2) is 10.6. The zero-order valence-electron chi connectivity index (χ0n) is 17.9. The third kappa shape index (κ3) is 6.30. The molecule has 0 saturated heterocycles. The van der Waals surface area contributed by atoms with E-state index in [1.807, 2.05) is 24.3 Å². The van der Waals surface area contributed by atoms with Gasteiger partial charge >= 0.3 is 0 Å². The maximum atomic E-state index is 6.14. The Bertz CT molecular complexity index is 999. The molecule has 8 heteroatoms. The van der Waals surface area contributed by atoms with E-state index < -0.39 is 3.79 Å². The minimum atomic E-state index is -1.76. The minimum absolute atomic E-state index is 0.0894. The Morgan fingerprint density at radius 3 is 2.13 bits per heavy atom. The molecule has 164 valence electrons. The molecule has 0 amide bonds. The molecule has 3 aromatic rings. The number of aryl methyl sites for hydroxylation is 1. The highest BCUT2D eigenvalue weighted by atomic mass is 35.6. The van der Waals surface area contributed by atoms with Crippen LogP contribution in [0, 0.1) is 6.92 Å². The van der Waals surface area contributed by atoms with E-state index in [0.717, 1.165) is 36.3 Å². The van der Waals surface area contributed by atoms with Gasteiger partial charge in [-0.1, -0.05) is 103 Å². The Morgan fingerprint density at radius 1 is 0.871 bits per heavy atom. The van der Waals surface area contributed by atoms with E-state index in [1.165, 1.54) is 5.56 Å². The van der Waals surface area contributed by atoms with Gasteiger partial charge in [-0.25, -0.2) is 4.98 Å². The fourth-order valence-corrected chi connectivity index (χ4v) is 3.48. The van der Waals surface area contributed by atoms with Crippen LogP contribution in [0.15, 0.2) is 48.5 Å². The lowest BCUT2D eigenvalue weighted by atomic mass is 9.98. The molecule has 1 N–H and O–H groups in total. The van der Waals surface area contributed by atoms with Crippen molar-refractivity contribution in [3.63, 3.8) is 0 Å². The van der Waals surface area contributed by atoms with Crippen molar-refractivity contribution in [1.82, 2.24) is 19.9 Å². The van der Waals surface area contributed by atoms with E-state index in [9.17, 15) is 0 Å². The summed E-state index contributed by atoms with van der Waals surface area (Å²) in [7, 11) is 0. The Balaban J connectivity index is 2.00. The molecule has 0 spiro atoms. The first-order valence-corrected chi connectivity index (χ1v) is 11.4. The third-order valence-corrected chi connectivity index (χ3v) is 5.53. The van der Waals surface area contributed by atoms with Gasteiger partial charge in [-0.2, -0.15) is 9.97 Å². The smallest absolute Gasteiger partial charge is 0.250 e. The van der Waals surface area contributed by atoms with Crippen molar-refractivity contribution in [2.45, 2.75) is 24.6 Å². The number of benzene rings is 2. The van der Waals surface area contributed by atoms with Crippen LogP contribution in [0.3, 0.4) is 0 Å². The number of halogens is 3. The largest absolute Gasteiger partial charge is 0.353 e. The van der Waals surface area contributed by atoms with Crippen molar-refractivity contribution in [2.24, 2.45) is 0 Å². The van der Waals surface area contributed by atoms with Gasteiger partial charge in [0.05, 0.1) is 0 Å². The Hall–Kier alpha value is -1.92. The van der Waals surface area contributed by atoms with Crippen molar-refractivity contribution in [3.05, 3.63) is 59.9 Å². The highest BCUT2D eigenvalue weighted by Crippen LogP contribution is 2.38. The summed E-state index contributed by atoms with van der Waals surface area (Å²) in [4.78, 5) is 15.8. The molecule has 0 aliphatic carbocycles. The van der Waals surface area contributed by atoms with Crippen molar-refractivity contribution in [3.8, 4) is 22.5 Å². The Kier molecular flexibility index (Phi) is 8.11. The summed E-state index contributed by atoms with van der Waals surface area (Å²) in [6, 6.07) is 16.2. The Morgan fingerprint density at radius 2 is 1.52 bits per heavy atom. The summed E-state index contributed by atoms with van der Waals surface area (Å²) in [5.41, 5.74) is 4.10. The number of likely N-dealkylation sites (N-methyl/N-ethyl adjacent to an activating group) is 1. The van der Waals surface area contributed by atoms with Gasteiger partial charge in [0.25, 0.3) is 0 Å².